The molecule has 2 unspecified atom stereocenters. The van der Waals surface area contributed by atoms with Gasteiger partial charge in [-0.25, -0.2) is 5.01 Å². The van der Waals surface area contributed by atoms with E-state index in [0.717, 1.165) is 19.3 Å². The predicted molar refractivity (Wildman–Crippen MR) is 120 cm³/mol. The zero-order valence-corrected chi connectivity index (χ0v) is 18.7. The van der Waals surface area contributed by atoms with Gasteiger partial charge in [0.1, 0.15) is 17.4 Å². The first-order valence-electron chi connectivity index (χ1n) is 10.7. The second kappa shape index (κ2) is 9.61. The summed E-state index contributed by atoms with van der Waals surface area (Å²) >= 11 is 6.33. The number of hydrogen-bond acceptors (Lipinski definition) is 5. The van der Waals surface area contributed by atoms with Crippen molar-refractivity contribution in [2.45, 2.75) is 31.5 Å². The maximum atomic E-state index is 14.5. The lowest BCUT2D eigenvalue weighted by Crippen LogP contribution is -2.50. The van der Waals surface area contributed by atoms with Crippen LogP contribution in [0, 0.1) is 5.92 Å². The maximum absolute atomic E-state index is 14.5. The number of hydrazone groups is 1. The Kier molecular flexibility index (Phi) is 6.81. The fourth-order valence-corrected chi connectivity index (χ4v) is 4.46. The molecule has 2 aromatic rings. The molecule has 2 heterocycles. The number of piperidine rings is 1. The quantitative estimate of drug-likeness (QED) is 0.657. The zero-order valence-electron chi connectivity index (χ0n) is 18.0. The van der Waals surface area contributed by atoms with Gasteiger partial charge in [-0.3, -0.25) is 15.2 Å². The van der Waals surface area contributed by atoms with Crippen LogP contribution < -0.4 is 15.2 Å². The summed E-state index contributed by atoms with van der Waals surface area (Å²) in [7, 11) is 1.48. The summed E-state index contributed by atoms with van der Waals surface area (Å²) in [5.74, 6) is -2.49. The number of methoxy groups -OCH3 is 1. The van der Waals surface area contributed by atoms with Crippen LogP contribution in [0.1, 0.15) is 30.9 Å². The fourth-order valence-electron chi connectivity index (χ4n) is 4.23. The van der Waals surface area contributed by atoms with E-state index in [4.69, 9.17) is 16.3 Å². The number of amides is 1. The molecule has 2 aliphatic rings. The van der Waals surface area contributed by atoms with E-state index in [2.05, 4.69) is 10.5 Å². The van der Waals surface area contributed by atoms with Gasteiger partial charge < -0.3 is 4.74 Å². The second-order valence-electron chi connectivity index (χ2n) is 8.01. The number of halogens is 4. The average molecular weight is 481 g/mol. The summed E-state index contributed by atoms with van der Waals surface area (Å²) < 4.78 is 48.5. The number of carbonyl (C=O) groups is 1. The first kappa shape index (κ1) is 23.4. The van der Waals surface area contributed by atoms with Crippen LogP contribution in [-0.4, -0.2) is 43.0 Å². The van der Waals surface area contributed by atoms with Crippen LogP contribution in [0.15, 0.2) is 53.6 Å². The molecule has 0 saturated carbocycles. The van der Waals surface area contributed by atoms with E-state index in [1.807, 2.05) is 0 Å². The second-order valence-corrected chi connectivity index (χ2v) is 8.41. The van der Waals surface area contributed by atoms with Crippen molar-refractivity contribution in [1.82, 2.24) is 10.4 Å². The molecule has 33 heavy (non-hydrogen) atoms. The number of nitrogens with zero attached hydrogens (tertiary/aromatic N) is 3. The number of anilines is 1. The highest BCUT2D eigenvalue weighted by Gasteiger charge is 2.56. The van der Waals surface area contributed by atoms with E-state index in [-0.39, 0.29) is 10.7 Å². The molecule has 0 bridgehead atoms. The Morgan fingerprint density at radius 1 is 1.09 bits per heavy atom. The number of hydrazine groups is 1. The minimum absolute atomic E-state index is 0.235. The lowest BCUT2D eigenvalue weighted by molar-refractivity contribution is -0.160. The number of benzene rings is 2. The number of ether oxygens (including phenoxy) is 1. The number of para-hydroxylation sites is 1. The fraction of sp³-hybridized carbons (Fsp3) is 0.391. The summed E-state index contributed by atoms with van der Waals surface area (Å²) in [5, 5.41) is 7.30. The average Bonchev–Trinajstić information content (AvgIpc) is 3.21. The van der Waals surface area contributed by atoms with Gasteiger partial charge in [-0.1, -0.05) is 42.3 Å². The van der Waals surface area contributed by atoms with Crippen molar-refractivity contribution < 1.29 is 22.7 Å². The molecular formula is C23H24ClF3N4O2. The zero-order chi connectivity index (χ0) is 23.6. The van der Waals surface area contributed by atoms with Crippen molar-refractivity contribution in [3.05, 3.63) is 59.1 Å². The van der Waals surface area contributed by atoms with Crippen LogP contribution in [0.2, 0.25) is 5.02 Å². The van der Waals surface area contributed by atoms with Crippen LogP contribution in [0.4, 0.5) is 18.9 Å². The van der Waals surface area contributed by atoms with E-state index in [1.54, 1.807) is 53.5 Å². The van der Waals surface area contributed by atoms with Crippen molar-refractivity contribution in [2.75, 3.05) is 25.2 Å². The smallest absolute Gasteiger partial charge is 0.399 e. The third-order valence-electron chi connectivity index (χ3n) is 5.85. The van der Waals surface area contributed by atoms with E-state index in [9.17, 15) is 18.0 Å². The van der Waals surface area contributed by atoms with Gasteiger partial charge in [0.2, 0.25) is 0 Å². The largest absolute Gasteiger partial charge is 0.497 e. The van der Waals surface area contributed by atoms with Gasteiger partial charge >= 0.3 is 6.18 Å². The van der Waals surface area contributed by atoms with E-state index in [0.29, 0.717) is 24.4 Å². The molecule has 0 spiro atoms. The molecule has 6 nitrogen and oxygen atoms in total. The standard InChI is InChI=1S/C23H24ClF3N4O2/c1-33-16-11-9-15(10-12-16)21-19(23(25,26)27)20(22(32)29-30-13-5-2-6-14-30)28-31(21)18-8-4-3-7-17(18)24/h3-4,7-12,19,21H,2,5-6,13-14H2,1H3,(H,29,32). The summed E-state index contributed by atoms with van der Waals surface area (Å²) in [5.41, 5.74) is 2.66. The Balaban J connectivity index is 1.77. The maximum Gasteiger partial charge on any atom is 0.399 e. The molecule has 2 aliphatic heterocycles. The third kappa shape index (κ3) is 4.94. The highest BCUT2D eigenvalue weighted by Crippen LogP contribution is 2.48. The Labute approximate surface area is 194 Å². The summed E-state index contributed by atoms with van der Waals surface area (Å²) in [4.78, 5) is 13.0. The van der Waals surface area contributed by atoms with Gasteiger partial charge in [-0.2, -0.15) is 18.3 Å². The molecular weight excluding hydrogens is 457 g/mol. The first-order chi connectivity index (χ1) is 15.8. The van der Waals surface area contributed by atoms with Crippen LogP contribution in [0.3, 0.4) is 0 Å². The van der Waals surface area contributed by atoms with Gasteiger partial charge in [-0.15, -0.1) is 0 Å². The topological polar surface area (TPSA) is 57.2 Å². The number of rotatable bonds is 5. The highest BCUT2D eigenvalue weighted by molar-refractivity contribution is 6.41. The molecule has 2 aromatic carbocycles. The minimum atomic E-state index is -4.72. The highest BCUT2D eigenvalue weighted by atomic mass is 35.5. The van der Waals surface area contributed by atoms with Crippen LogP contribution in [0.25, 0.3) is 0 Å². The Bertz CT molecular complexity index is 1020. The van der Waals surface area contributed by atoms with Gasteiger partial charge in [0, 0.05) is 13.1 Å². The van der Waals surface area contributed by atoms with Gasteiger partial charge in [0.15, 0.2) is 0 Å². The Morgan fingerprint density at radius 3 is 2.36 bits per heavy atom. The molecule has 0 aliphatic carbocycles. The molecule has 2 atom stereocenters. The molecule has 4 rings (SSSR count). The first-order valence-corrected chi connectivity index (χ1v) is 11.1. The van der Waals surface area contributed by atoms with Crippen LogP contribution in [0.5, 0.6) is 5.75 Å². The van der Waals surface area contributed by atoms with Crippen molar-refractivity contribution in [3.63, 3.8) is 0 Å². The van der Waals surface area contributed by atoms with Gasteiger partial charge in [0.25, 0.3) is 5.91 Å². The summed E-state index contributed by atoms with van der Waals surface area (Å²) in [6.07, 6.45) is -1.96. The summed E-state index contributed by atoms with van der Waals surface area (Å²) in [6.45, 7) is 1.18. The van der Waals surface area contributed by atoms with Gasteiger partial charge in [0.05, 0.1) is 23.9 Å². The van der Waals surface area contributed by atoms with E-state index in [1.165, 1.54) is 12.1 Å². The van der Waals surface area contributed by atoms with Crippen LogP contribution in [-0.2, 0) is 4.79 Å². The monoisotopic (exact) mass is 480 g/mol. The van der Waals surface area contributed by atoms with E-state index < -0.39 is 29.8 Å². The predicted octanol–water partition coefficient (Wildman–Crippen LogP) is 4.96. The van der Waals surface area contributed by atoms with E-state index >= 15 is 0 Å². The van der Waals surface area contributed by atoms with Crippen molar-refractivity contribution >= 4 is 28.9 Å². The van der Waals surface area contributed by atoms with Crippen molar-refractivity contribution in [1.29, 1.82) is 0 Å². The normalized spacial score (nSPS) is 21.6. The molecule has 176 valence electrons. The lowest BCUT2D eigenvalue weighted by atomic mass is 9.88. The molecule has 1 N–H and O–H groups in total. The lowest BCUT2D eigenvalue weighted by Gasteiger charge is -2.30. The molecule has 0 aromatic heterocycles. The number of hydrogen-bond donors (Lipinski definition) is 1. The third-order valence-corrected chi connectivity index (χ3v) is 6.17. The molecule has 0 radical (unpaired) electrons. The molecule has 1 fully saturated rings. The van der Waals surface area contributed by atoms with Crippen molar-refractivity contribution in [2.24, 2.45) is 11.0 Å². The molecule has 1 saturated heterocycles. The number of carbonyl (C=O) groups excluding carboxylic acids is 1. The summed E-state index contributed by atoms with van der Waals surface area (Å²) in [6, 6.07) is 11.5. The van der Waals surface area contributed by atoms with Crippen LogP contribution >= 0.6 is 11.6 Å². The number of nitrogens with one attached hydrogen (secondary N) is 1. The molecule has 10 heteroatoms. The Morgan fingerprint density at radius 2 is 1.76 bits per heavy atom. The minimum Gasteiger partial charge on any atom is -0.497 e. The number of alkyl halides is 3. The Hall–Kier alpha value is -2.78. The van der Waals surface area contributed by atoms with Gasteiger partial charge in [-0.05, 0) is 42.7 Å². The van der Waals surface area contributed by atoms with Crippen molar-refractivity contribution in [3.8, 4) is 5.75 Å². The SMILES string of the molecule is COc1ccc(C2C(C(F)(F)F)C(C(=O)NN3CCCCC3)=NN2c2ccccc2Cl)cc1. The molecule has 1 amide bonds.